The minimum atomic E-state index is 0.543. The Hall–Kier alpha value is -1.24. The molecular formula is C17H24N4OS. The summed E-state index contributed by atoms with van der Waals surface area (Å²) >= 11 is 1.88. The number of nitrogens with one attached hydrogen (secondary N) is 1. The van der Waals surface area contributed by atoms with Crippen molar-refractivity contribution >= 4 is 11.3 Å². The predicted molar refractivity (Wildman–Crippen MR) is 90.5 cm³/mol. The Morgan fingerprint density at radius 1 is 1.35 bits per heavy atom. The van der Waals surface area contributed by atoms with Crippen LogP contribution in [-0.4, -0.2) is 34.2 Å². The summed E-state index contributed by atoms with van der Waals surface area (Å²) in [5.41, 5.74) is 0. The summed E-state index contributed by atoms with van der Waals surface area (Å²) in [6, 6.07) is 4.98. The molecule has 0 aromatic carbocycles. The number of hydrogen-bond acceptors (Lipinski definition) is 6. The first-order valence-electron chi connectivity index (χ1n) is 8.60. The molecule has 1 saturated heterocycles. The zero-order valence-electron chi connectivity index (χ0n) is 13.6. The van der Waals surface area contributed by atoms with Crippen LogP contribution in [0.15, 0.2) is 16.7 Å². The number of thiophene rings is 1. The first-order chi connectivity index (χ1) is 11.3. The van der Waals surface area contributed by atoms with Crippen molar-refractivity contribution in [2.75, 3.05) is 13.1 Å². The monoisotopic (exact) mass is 332 g/mol. The van der Waals surface area contributed by atoms with Gasteiger partial charge in [-0.2, -0.15) is 4.98 Å². The van der Waals surface area contributed by atoms with Gasteiger partial charge in [0.25, 0.3) is 0 Å². The van der Waals surface area contributed by atoms with Crippen molar-refractivity contribution in [1.29, 1.82) is 0 Å². The average molecular weight is 332 g/mol. The van der Waals surface area contributed by atoms with Gasteiger partial charge < -0.3 is 9.84 Å². The van der Waals surface area contributed by atoms with Crippen LogP contribution in [0.4, 0.5) is 0 Å². The highest BCUT2D eigenvalue weighted by molar-refractivity contribution is 7.11. The summed E-state index contributed by atoms with van der Waals surface area (Å²) in [5, 5.41) is 7.85. The van der Waals surface area contributed by atoms with E-state index in [9.17, 15) is 0 Å². The van der Waals surface area contributed by atoms with Crippen molar-refractivity contribution < 1.29 is 4.52 Å². The quantitative estimate of drug-likeness (QED) is 0.881. The second-order valence-electron chi connectivity index (χ2n) is 6.79. The molecule has 23 heavy (non-hydrogen) atoms. The molecule has 5 nitrogen and oxygen atoms in total. The molecule has 2 aliphatic rings. The molecule has 1 N–H and O–H groups in total. The Morgan fingerprint density at radius 2 is 2.26 bits per heavy atom. The molecule has 0 radical (unpaired) electrons. The lowest BCUT2D eigenvalue weighted by atomic mass is 10.1. The second kappa shape index (κ2) is 6.71. The van der Waals surface area contributed by atoms with Gasteiger partial charge in [0.15, 0.2) is 5.82 Å². The number of nitrogens with zero attached hydrogens (tertiary/aromatic N) is 3. The van der Waals surface area contributed by atoms with Gasteiger partial charge in [0.05, 0.1) is 6.54 Å². The molecular weight excluding hydrogens is 308 g/mol. The molecule has 3 heterocycles. The van der Waals surface area contributed by atoms with Gasteiger partial charge in [-0.25, -0.2) is 0 Å². The van der Waals surface area contributed by atoms with E-state index in [1.165, 1.54) is 35.4 Å². The van der Waals surface area contributed by atoms with Crippen LogP contribution in [0.1, 0.15) is 53.1 Å². The summed E-state index contributed by atoms with van der Waals surface area (Å²) in [7, 11) is 0. The van der Waals surface area contributed by atoms with Crippen molar-refractivity contribution in [1.82, 2.24) is 20.4 Å². The van der Waals surface area contributed by atoms with E-state index < -0.39 is 0 Å². The molecule has 1 aliphatic carbocycles. The van der Waals surface area contributed by atoms with Crippen LogP contribution in [0, 0.1) is 6.92 Å². The Bertz CT molecular complexity index is 649. The minimum Gasteiger partial charge on any atom is -0.339 e. The molecule has 124 valence electrons. The molecule has 2 aromatic rings. The van der Waals surface area contributed by atoms with E-state index in [1.54, 1.807) is 0 Å². The molecule has 0 bridgehead atoms. The molecule has 0 spiro atoms. The maximum atomic E-state index is 5.36. The largest absolute Gasteiger partial charge is 0.339 e. The lowest BCUT2D eigenvalue weighted by Crippen LogP contribution is -2.45. The highest BCUT2D eigenvalue weighted by Gasteiger charge is 2.30. The summed E-state index contributed by atoms with van der Waals surface area (Å²) in [4.78, 5) is 9.80. The van der Waals surface area contributed by atoms with E-state index in [-0.39, 0.29) is 0 Å². The van der Waals surface area contributed by atoms with Gasteiger partial charge in [-0.05, 0) is 51.3 Å². The molecule has 1 unspecified atom stereocenters. The van der Waals surface area contributed by atoms with Crippen LogP contribution < -0.4 is 5.32 Å². The number of aromatic nitrogens is 2. The van der Waals surface area contributed by atoms with Crippen molar-refractivity contribution in [3.05, 3.63) is 33.6 Å². The van der Waals surface area contributed by atoms with Crippen LogP contribution in [0.3, 0.4) is 0 Å². The number of aryl methyl sites for hydroxylation is 1. The maximum Gasteiger partial charge on any atom is 0.229 e. The zero-order valence-corrected chi connectivity index (χ0v) is 14.4. The van der Waals surface area contributed by atoms with Gasteiger partial charge in [0.1, 0.15) is 0 Å². The van der Waals surface area contributed by atoms with Crippen LogP contribution in [0.5, 0.6) is 0 Å². The number of hydrogen-bond donors (Lipinski definition) is 1. The van der Waals surface area contributed by atoms with Gasteiger partial charge in [0, 0.05) is 34.8 Å². The SMILES string of the molecule is Cc1ccc(CNC2CCCN(Cc3noc(C4CC4)n3)C2)s1. The van der Waals surface area contributed by atoms with E-state index in [0.717, 1.165) is 37.9 Å². The van der Waals surface area contributed by atoms with Gasteiger partial charge in [0.2, 0.25) is 5.89 Å². The minimum absolute atomic E-state index is 0.543. The Labute approximate surface area is 141 Å². The standard InChI is InChI=1S/C17H24N4OS/c1-12-4-7-15(23-12)9-18-14-3-2-8-21(10-14)11-16-19-17(22-20-16)13-5-6-13/h4,7,13-14,18H,2-3,5-6,8-11H2,1H3. The topological polar surface area (TPSA) is 54.2 Å². The highest BCUT2D eigenvalue weighted by atomic mass is 32.1. The average Bonchev–Trinajstić information content (AvgIpc) is 3.16. The smallest absolute Gasteiger partial charge is 0.229 e. The van der Waals surface area contributed by atoms with Crippen LogP contribution in [0.25, 0.3) is 0 Å². The van der Waals surface area contributed by atoms with Crippen LogP contribution >= 0.6 is 11.3 Å². The van der Waals surface area contributed by atoms with E-state index in [2.05, 4.69) is 39.4 Å². The van der Waals surface area contributed by atoms with Crippen molar-refractivity contribution in [2.24, 2.45) is 0 Å². The zero-order chi connectivity index (χ0) is 15.6. The third-order valence-corrected chi connectivity index (χ3v) is 5.64. The molecule has 1 aliphatic heterocycles. The molecule has 1 saturated carbocycles. The normalized spacial score (nSPS) is 22.6. The van der Waals surface area contributed by atoms with Crippen molar-refractivity contribution in [2.45, 2.75) is 57.7 Å². The van der Waals surface area contributed by atoms with Gasteiger partial charge in [-0.3, -0.25) is 4.90 Å². The fourth-order valence-electron chi connectivity index (χ4n) is 3.22. The summed E-state index contributed by atoms with van der Waals surface area (Å²) in [6.45, 7) is 6.15. The fourth-order valence-corrected chi connectivity index (χ4v) is 4.06. The maximum absolute atomic E-state index is 5.36. The van der Waals surface area contributed by atoms with E-state index in [0.29, 0.717) is 12.0 Å². The Balaban J connectivity index is 1.27. The molecule has 6 heteroatoms. The van der Waals surface area contributed by atoms with E-state index >= 15 is 0 Å². The first-order valence-corrected chi connectivity index (χ1v) is 9.41. The molecule has 2 aromatic heterocycles. The molecule has 0 amide bonds. The first kappa shape index (κ1) is 15.3. The number of rotatable bonds is 6. The van der Waals surface area contributed by atoms with Crippen LogP contribution in [0.2, 0.25) is 0 Å². The van der Waals surface area contributed by atoms with Crippen LogP contribution in [-0.2, 0) is 13.1 Å². The number of piperidine rings is 1. The van der Waals surface area contributed by atoms with Gasteiger partial charge in [-0.15, -0.1) is 11.3 Å². The number of likely N-dealkylation sites (tertiary alicyclic amines) is 1. The third-order valence-electron chi connectivity index (χ3n) is 4.64. The van der Waals surface area contributed by atoms with E-state index in [4.69, 9.17) is 4.52 Å². The van der Waals surface area contributed by atoms with Gasteiger partial charge in [-0.1, -0.05) is 5.16 Å². The molecule has 4 rings (SSSR count). The summed E-state index contributed by atoms with van der Waals surface area (Å²) < 4.78 is 5.36. The lowest BCUT2D eigenvalue weighted by molar-refractivity contribution is 0.177. The predicted octanol–water partition coefficient (Wildman–Crippen LogP) is 3.07. The molecule has 2 fully saturated rings. The summed E-state index contributed by atoms with van der Waals surface area (Å²) in [5.74, 6) is 2.24. The van der Waals surface area contributed by atoms with Crippen molar-refractivity contribution in [3.63, 3.8) is 0 Å². The second-order valence-corrected chi connectivity index (χ2v) is 8.16. The Kier molecular flexibility index (Phi) is 4.46. The third kappa shape index (κ3) is 4.00. The van der Waals surface area contributed by atoms with Gasteiger partial charge >= 0.3 is 0 Å². The van der Waals surface area contributed by atoms with E-state index in [1.807, 2.05) is 11.3 Å². The Morgan fingerprint density at radius 3 is 3.04 bits per heavy atom. The fraction of sp³-hybridized carbons (Fsp3) is 0.647. The van der Waals surface area contributed by atoms with Crippen molar-refractivity contribution in [3.8, 4) is 0 Å². The lowest BCUT2D eigenvalue weighted by Gasteiger charge is -2.32. The molecule has 1 atom stereocenters. The highest BCUT2D eigenvalue weighted by Crippen LogP contribution is 2.38. The summed E-state index contributed by atoms with van der Waals surface area (Å²) in [6.07, 6.45) is 4.90.